The molecule has 0 amide bonds. The molecule has 2 N–H and O–H groups in total. The van der Waals surface area contributed by atoms with E-state index in [0.29, 0.717) is 12.0 Å². The third-order valence-electron chi connectivity index (χ3n) is 3.57. The fraction of sp³-hybridized carbons (Fsp3) is 0.538. The lowest BCUT2D eigenvalue weighted by atomic mass is 10.1. The van der Waals surface area contributed by atoms with Crippen LogP contribution in [-0.4, -0.2) is 38.1 Å². The number of nitrogens with two attached hydrogens (primary N) is 1. The first kappa shape index (κ1) is 12.5. The van der Waals surface area contributed by atoms with Gasteiger partial charge in [0.2, 0.25) is 0 Å². The van der Waals surface area contributed by atoms with Crippen LogP contribution in [0.4, 0.5) is 11.4 Å². The Kier molecular flexibility index (Phi) is 3.50. The van der Waals surface area contributed by atoms with Gasteiger partial charge >= 0.3 is 0 Å². The Morgan fingerprint density at radius 2 is 2.06 bits per heavy atom. The van der Waals surface area contributed by atoms with Gasteiger partial charge in [-0.25, -0.2) is 0 Å². The van der Waals surface area contributed by atoms with Crippen LogP contribution in [0.15, 0.2) is 18.2 Å². The van der Waals surface area contributed by atoms with Crippen molar-refractivity contribution >= 4 is 23.0 Å². The Balaban J connectivity index is 2.26. The summed E-state index contributed by atoms with van der Waals surface area (Å²) in [5.74, 6) is 0.626. The predicted molar refractivity (Wildman–Crippen MR) is 74.7 cm³/mol. The van der Waals surface area contributed by atoms with Crippen LogP contribution in [0.2, 0.25) is 5.02 Å². The smallest absolute Gasteiger partial charge is 0.0789 e. The Bertz CT molecular complexity index is 385. The number of nitrogen functional groups attached to an aromatic ring is 1. The van der Waals surface area contributed by atoms with Crippen molar-refractivity contribution in [1.82, 2.24) is 4.90 Å². The van der Waals surface area contributed by atoms with Crippen molar-refractivity contribution in [2.45, 2.75) is 13.0 Å². The fourth-order valence-electron chi connectivity index (χ4n) is 2.67. The zero-order valence-corrected chi connectivity index (χ0v) is 11.4. The topological polar surface area (TPSA) is 32.5 Å². The average molecular weight is 254 g/mol. The molecule has 0 spiro atoms. The number of likely N-dealkylation sites (N-methyl/N-ethyl adjacent to an activating group) is 1. The summed E-state index contributed by atoms with van der Waals surface area (Å²) in [5.41, 5.74) is 7.79. The molecule has 94 valence electrons. The SMILES string of the molecule is CC1CN(c2c(N)cccc2Cl)CC1N(C)C. The Morgan fingerprint density at radius 3 is 2.59 bits per heavy atom. The van der Waals surface area contributed by atoms with Gasteiger partial charge in [0.1, 0.15) is 0 Å². The Morgan fingerprint density at radius 1 is 1.35 bits per heavy atom. The first-order valence-corrected chi connectivity index (χ1v) is 6.34. The van der Waals surface area contributed by atoms with Crippen LogP contribution in [0.25, 0.3) is 0 Å². The number of benzene rings is 1. The lowest BCUT2D eigenvalue weighted by molar-refractivity contribution is 0.266. The molecule has 1 fully saturated rings. The molecule has 1 aromatic carbocycles. The second kappa shape index (κ2) is 4.75. The molecule has 0 bridgehead atoms. The minimum absolute atomic E-state index is 0.561. The van der Waals surface area contributed by atoms with Gasteiger partial charge in [0, 0.05) is 19.1 Å². The molecule has 2 unspecified atom stereocenters. The van der Waals surface area contributed by atoms with Crippen molar-refractivity contribution in [2.24, 2.45) is 5.92 Å². The van der Waals surface area contributed by atoms with Crippen LogP contribution < -0.4 is 10.6 Å². The summed E-state index contributed by atoms with van der Waals surface area (Å²) >= 11 is 6.25. The molecule has 1 heterocycles. The highest BCUT2D eigenvalue weighted by Crippen LogP contribution is 2.35. The van der Waals surface area contributed by atoms with Crippen molar-refractivity contribution in [3.8, 4) is 0 Å². The highest BCUT2D eigenvalue weighted by atomic mass is 35.5. The van der Waals surface area contributed by atoms with E-state index in [2.05, 4.69) is 30.8 Å². The molecule has 1 aromatic rings. The van der Waals surface area contributed by atoms with E-state index in [9.17, 15) is 0 Å². The van der Waals surface area contributed by atoms with Crippen molar-refractivity contribution in [3.05, 3.63) is 23.2 Å². The molecular formula is C13H20ClN3. The van der Waals surface area contributed by atoms with Crippen LogP contribution in [0.1, 0.15) is 6.92 Å². The number of halogens is 1. The fourth-order valence-corrected chi connectivity index (χ4v) is 2.97. The maximum atomic E-state index is 6.25. The molecule has 1 saturated heterocycles. The van der Waals surface area contributed by atoms with Crippen molar-refractivity contribution in [3.63, 3.8) is 0 Å². The molecule has 2 rings (SSSR count). The molecule has 2 atom stereocenters. The van der Waals surface area contributed by atoms with Gasteiger partial charge in [0.15, 0.2) is 0 Å². The van der Waals surface area contributed by atoms with Crippen LogP contribution in [0.3, 0.4) is 0 Å². The molecule has 4 heteroatoms. The van der Waals surface area contributed by atoms with Gasteiger partial charge < -0.3 is 15.5 Å². The summed E-state index contributed by atoms with van der Waals surface area (Å²) in [5, 5.41) is 0.747. The lowest BCUT2D eigenvalue weighted by Gasteiger charge is -2.24. The van der Waals surface area contributed by atoms with E-state index in [4.69, 9.17) is 17.3 Å². The molecule has 0 aromatic heterocycles. The van der Waals surface area contributed by atoms with Crippen molar-refractivity contribution < 1.29 is 0 Å². The summed E-state index contributed by atoms with van der Waals surface area (Å²) in [4.78, 5) is 4.57. The predicted octanol–water partition coefficient (Wildman–Crippen LogP) is 2.31. The zero-order valence-electron chi connectivity index (χ0n) is 10.7. The van der Waals surface area contributed by atoms with E-state index in [-0.39, 0.29) is 0 Å². The maximum absolute atomic E-state index is 6.25. The molecule has 0 aliphatic carbocycles. The second-order valence-corrected chi connectivity index (χ2v) is 5.50. The van der Waals surface area contributed by atoms with Crippen LogP contribution in [-0.2, 0) is 0 Å². The summed E-state index contributed by atoms with van der Waals surface area (Å²) in [7, 11) is 4.25. The standard InChI is InChI=1S/C13H20ClN3/c1-9-7-17(8-12(9)16(2)3)13-10(14)5-4-6-11(13)15/h4-6,9,12H,7-8,15H2,1-3H3. The largest absolute Gasteiger partial charge is 0.397 e. The van der Waals surface area contributed by atoms with Gasteiger partial charge in [-0.15, -0.1) is 0 Å². The molecule has 3 nitrogen and oxygen atoms in total. The van der Waals surface area contributed by atoms with E-state index in [0.717, 1.165) is 29.5 Å². The van der Waals surface area contributed by atoms with Crippen molar-refractivity contribution in [2.75, 3.05) is 37.8 Å². The highest BCUT2D eigenvalue weighted by Gasteiger charge is 2.32. The Labute approximate surface area is 108 Å². The highest BCUT2D eigenvalue weighted by molar-refractivity contribution is 6.34. The van der Waals surface area contributed by atoms with Gasteiger partial charge in [0.25, 0.3) is 0 Å². The normalized spacial score (nSPS) is 24.6. The van der Waals surface area contributed by atoms with Gasteiger partial charge in [-0.2, -0.15) is 0 Å². The van der Waals surface area contributed by atoms with Gasteiger partial charge in [-0.3, -0.25) is 0 Å². The van der Waals surface area contributed by atoms with Crippen LogP contribution >= 0.6 is 11.6 Å². The van der Waals surface area contributed by atoms with Crippen LogP contribution in [0, 0.1) is 5.92 Å². The number of nitrogens with zero attached hydrogens (tertiary/aromatic N) is 2. The van der Waals surface area contributed by atoms with Gasteiger partial charge in [-0.05, 0) is 32.1 Å². The number of anilines is 2. The molecule has 1 aliphatic rings. The third kappa shape index (κ3) is 2.35. The molecule has 1 aliphatic heterocycles. The molecular weight excluding hydrogens is 234 g/mol. The van der Waals surface area contributed by atoms with E-state index in [1.807, 2.05) is 18.2 Å². The minimum Gasteiger partial charge on any atom is -0.397 e. The van der Waals surface area contributed by atoms with Gasteiger partial charge in [-0.1, -0.05) is 24.6 Å². The quantitative estimate of drug-likeness (QED) is 0.821. The minimum atomic E-state index is 0.561. The van der Waals surface area contributed by atoms with E-state index in [1.54, 1.807) is 0 Å². The summed E-state index contributed by atoms with van der Waals surface area (Å²) in [6.07, 6.45) is 0. The first-order chi connectivity index (χ1) is 8.00. The number of hydrogen-bond donors (Lipinski definition) is 1. The molecule has 17 heavy (non-hydrogen) atoms. The third-order valence-corrected chi connectivity index (χ3v) is 3.88. The lowest BCUT2D eigenvalue weighted by Crippen LogP contribution is -2.34. The second-order valence-electron chi connectivity index (χ2n) is 5.09. The summed E-state index contributed by atoms with van der Waals surface area (Å²) in [6, 6.07) is 6.27. The van der Waals surface area contributed by atoms with Crippen molar-refractivity contribution in [1.29, 1.82) is 0 Å². The first-order valence-electron chi connectivity index (χ1n) is 5.96. The summed E-state index contributed by atoms with van der Waals surface area (Å²) in [6.45, 7) is 4.27. The number of para-hydroxylation sites is 1. The van der Waals surface area contributed by atoms with Gasteiger partial charge in [0.05, 0.1) is 16.4 Å². The monoisotopic (exact) mass is 253 g/mol. The number of hydrogen-bond acceptors (Lipinski definition) is 3. The van der Waals surface area contributed by atoms with E-state index < -0.39 is 0 Å². The molecule has 0 saturated carbocycles. The number of rotatable bonds is 2. The maximum Gasteiger partial charge on any atom is 0.0789 e. The zero-order chi connectivity index (χ0) is 12.6. The summed E-state index contributed by atoms with van der Waals surface area (Å²) < 4.78 is 0. The van der Waals surface area contributed by atoms with E-state index in [1.165, 1.54) is 0 Å². The average Bonchev–Trinajstić information content (AvgIpc) is 2.60. The molecule has 0 radical (unpaired) electrons. The van der Waals surface area contributed by atoms with E-state index >= 15 is 0 Å². The Hall–Kier alpha value is -0.930. The van der Waals surface area contributed by atoms with Crippen LogP contribution in [0.5, 0.6) is 0 Å².